The van der Waals surface area contributed by atoms with Crippen LogP contribution in [-0.2, 0) is 9.53 Å². The van der Waals surface area contributed by atoms with Crippen LogP contribution in [0.5, 0.6) is 0 Å². The monoisotopic (exact) mass is 260 g/mol. The first-order valence-electron chi connectivity index (χ1n) is 5.87. The highest BCUT2D eigenvalue weighted by molar-refractivity contribution is 5.99. The van der Waals surface area contributed by atoms with Crippen molar-refractivity contribution in [2.75, 3.05) is 25.5 Å². The second-order valence-corrected chi connectivity index (χ2v) is 3.69. The number of hydrogen-bond donors (Lipinski definition) is 2. The van der Waals surface area contributed by atoms with Gasteiger partial charge in [-0.2, -0.15) is 0 Å². The third kappa shape index (κ3) is 4.72. The highest BCUT2D eigenvalue weighted by atomic mass is 16.5. The van der Waals surface area contributed by atoms with Gasteiger partial charge in [-0.15, -0.1) is 6.42 Å². The fourth-order valence-electron chi connectivity index (χ4n) is 1.47. The van der Waals surface area contributed by atoms with Crippen molar-refractivity contribution in [2.24, 2.45) is 0 Å². The van der Waals surface area contributed by atoms with Gasteiger partial charge in [0.15, 0.2) is 0 Å². The lowest BCUT2D eigenvalue weighted by Crippen LogP contribution is -2.26. The van der Waals surface area contributed by atoms with Gasteiger partial charge in [0.25, 0.3) is 5.91 Å². The maximum absolute atomic E-state index is 11.9. The van der Waals surface area contributed by atoms with Gasteiger partial charge in [-0.25, -0.2) is 4.79 Å². The Morgan fingerprint density at radius 1 is 1.37 bits per heavy atom. The summed E-state index contributed by atoms with van der Waals surface area (Å²) in [5.74, 6) is 0.988. The number of carbonyl (C=O) groups excluding carboxylic acids is 2. The van der Waals surface area contributed by atoms with Crippen LogP contribution >= 0.6 is 0 Å². The molecule has 100 valence electrons. The molecule has 0 heterocycles. The zero-order valence-corrected chi connectivity index (χ0v) is 10.7. The average Bonchev–Trinajstić information content (AvgIpc) is 2.46. The summed E-state index contributed by atoms with van der Waals surface area (Å²) in [7, 11) is 1.76. The van der Waals surface area contributed by atoms with Crippen LogP contribution in [-0.4, -0.2) is 32.1 Å². The van der Waals surface area contributed by atoms with Crippen molar-refractivity contribution in [3.8, 4) is 12.3 Å². The van der Waals surface area contributed by atoms with Crippen molar-refractivity contribution in [1.29, 1.82) is 0 Å². The number of esters is 1. The Bertz CT molecular complexity index is 492. The van der Waals surface area contributed by atoms with E-state index in [-0.39, 0.29) is 12.5 Å². The van der Waals surface area contributed by atoms with Crippen molar-refractivity contribution in [3.63, 3.8) is 0 Å². The standard InChI is InChI=1S/C14H16N2O3/c1-3-13(17)19-10-6-9-16-14(18)11-7-4-5-8-12(11)15-2/h1,4-5,7-8,15H,6,9-10H2,2H3,(H,16,18). The van der Waals surface area contributed by atoms with E-state index < -0.39 is 5.97 Å². The second kappa shape index (κ2) is 7.77. The van der Waals surface area contributed by atoms with Gasteiger partial charge in [0.05, 0.1) is 12.2 Å². The Morgan fingerprint density at radius 3 is 2.79 bits per heavy atom. The first-order valence-corrected chi connectivity index (χ1v) is 5.87. The Labute approximate surface area is 112 Å². The fraction of sp³-hybridized carbons (Fsp3) is 0.286. The Morgan fingerprint density at radius 2 is 2.11 bits per heavy atom. The molecule has 0 aromatic heterocycles. The van der Waals surface area contributed by atoms with Crippen LogP contribution in [0.1, 0.15) is 16.8 Å². The first-order chi connectivity index (χ1) is 9.19. The van der Waals surface area contributed by atoms with Gasteiger partial charge in [-0.05, 0) is 18.6 Å². The van der Waals surface area contributed by atoms with Crippen molar-refractivity contribution >= 4 is 17.6 Å². The van der Waals surface area contributed by atoms with E-state index in [0.29, 0.717) is 18.5 Å². The number of ether oxygens (including phenoxy) is 1. The molecule has 0 aliphatic heterocycles. The summed E-state index contributed by atoms with van der Waals surface area (Å²) in [4.78, 5) is 22.5. The number of nitrogens with one attached hydrogen (secondary N) is 2. The van der Waals surface area contributed by atoms with Crippen molar-refractivity contribution in [1.82, 2.24) is 5.32 Å². The summed E-state index contributed by atoms with van der Waals surface area (Å²) in [6, 6.07) is 7.20. The Kier molecular flexibility index (Phi) is 5.96. The highest BCUT2D eigenvalue weighted by Gasteiger charge is 2.08. The van der Waals surface area contributed by atoms with Crippen LogP contribution in [0.15, 0.2) is 24.3 Å². The van der Waals surface area contributed by atoms with Crippen LogP contribution in [0.2, 0.25) is 0 Å². The minimum Gasteiger partial charge on any atom is -0.456 e. The molecule has 0 atom stereocenters. The van der Waals surface area contributed by atoms with Crippen LogP contribution < -0.4 is 10.6 Å². The second-order valence-electron chi connectivity index (χ2n) is 3.69. The summed E-state index contributed by atoms with van der Waals surface area (Å²) in [6.07, 6.45) is 5.36. The topological polar surface area (TPSA) is 67.4 Å². The molecule has 1 amide bonds. The molecule has 0 unspecified atom stereocenters. The summed E-state index contributed by atoms with van der Waals surface area (Å²) in [6.45, 7) is 0.603. The van der Waals surface area contributed by atoms with Crippen molar-refractivity contribution in [2.45, 2.75) is 6.42 Å². The average molecular weight is 260 g/mol. The number of rotatable bonds is 6. The van der Waals surface area contributed by atoms with E-state index in [2.05, 4.69) is 15.4 Å². The van der Waals surface area contributed by atoms with Gasteiger partial charge in [0.2, 0.25) is 0 Å². The molecule has 0 radical (unpaired) electrons. The number of terminal acetylenes is 1. The maximum atomic E-state index is 11.9. The van der Waals surface area contributed by atoms with E-state index in [9.17, 15) is 9.59 Å². The van der Waals surface area contributed by atoms with Gasteiger partial charge in [-0.3, -0.25) is 4.79 Å². The van der Waals surface area contributed by atoms with Crippen LogP contribution in [0.25, 0.3) is 0 Å². The smallest absolute Gasteiger partial charge is 0.384 e. The molecule has 0 fully saturated rings. The quantitative estimate of drug-likeness (QED) is 0.347. The third-order valence-corrected chi connectivity index (χ3v) is 2.40. The molecule has 0 spiro atoms. The lowest BCUT2D eigenvalue weighted by Gasteiger charge is -2.09. The van der Waals surface area contributed by atoms with Crippen LogP contribution in [0, 0.1) is 12.3 Å². The number of benzene rings is 1. The number of amides is 1. The SMILES string of the molecule is C#CC(=O)OCCCNC(=O)c1ccccc1NC. The largest absolute Gasteiger partial charge is 0.456 e. The minimum absolute atomic E-state index is 0.173. The predicted octanol–water partition coefficient (Wildman–Crippen LogP) is 1.02. The Hall–Kier alpha value is -2.48. The van der Waals surface area contributed by atoms with E-state index >= 15 is 0 Å². The van der Waals surface area contributed by atoms with Gasteiger partial charge < -0.3 is 15.4 Å². The summed E-state index contributed by atoms with van der Waals surface area (Å²) in [5, 5.41) is 5.69. The molecule has 0 bridgehead atoms. The summed E-state index contributed by atoms with van der Waals surface area (Å²) in [5.41, 5.74) is 1.34. The zero-order chi connectivity index (χ0) is 14.1. The van der Waals surface area contributed by atoms with Gasteiger partial charge in [-0.1, -0.05) is 12.1 Å². The minimum atomic E-state index is -0.688. The van der Waals surface area contributed by atoms with E-state index in [1.54, 1.807) is 19.2 Å². The molecular weight excluding hydrogens is 244 g/mol. The lowest BCUT2D eigenvalue weighted by molar-refractivity contribution is -0.136. The molecule has 0 saturated heterocycles. The zero-order valence-electron chi connectivity index (χ0n) is 10.7. The van der Waals surface area contributed by atoms with Crippen LogP contribution in [0.4, 0.5) is 5.69 Å². The Balaban J connectivity index is 2.36. The molecule has 1 rings (SSSR count). The molecule has 5 heteroatoms. The van der Waals surface area contributed by atoms with Crippen molar-refractivity contribution in [3.05, 3.63) is 29.8 Å². The third-order valence-electron chi connectivity index (χ3n) is 2.40. The lowest BCUT2D eigenvalue weighted by atomic mass is 10.1. The van der Waals surface area contributed by atoms with E-state index in [1.807, 2.05) is 18.1 Å². The summed E-state index contributed by atoms with van der Waals surface area (Å²) >= 11 is 0. The number of anilines is 1. The van der Waals surface area contributed by atoms with E-state index in [0.717, 1.165) is 5.69 Å². The fourth-order valence-corrected chi connectivity index (χ4v) is 1.47. The molecule has 1 aromatic carbocycles. The molecule has 2 N–H and O–H groups in total. The van der Waals surface area contributed by atoms with Crippen molar-refractivity contribution < 1.29 is 14.3 Å². The first kappa shape index (κ1) is 14.6. The number of carbonyl (C=O) groups is 2. The van der Waals surface area contributed by atoms with Gasteiger partial charge >= 0.3 is 5.97 Å². The van der Waals surface area contributed by atoms with Crippen LogP contribution in [0.3, 0.4) is 0 Å². The predicted molar refractivity (Wildman–Crippen MR) is 72.7 cm³/mol. The molecule has 5 nitrogen and oxygen atoms in total. The molecule has 0 aliphatic carbocycles. The van der Waals surface area contributed by atoms with E-state index in [4.69, 9.17) is 6.42 Å². The summed E-state index contributed by atoms with van der Waals surface area (Å²) < 4.78 is 4.68. The van der Waals surface area contributed by atoms with E-state index in [1.165, 1.54) is 0 Å². The molecular formula is C14H16N2O3. The molecule has 0 saturated carbocycles. The molecule has 19 heavy (non-hydrogen) atoms. The number of hydrogen-bond acceptors (Lipinski definition) is 4. The maximum Gasteiger partial charge on any atom is 0.384 e. The molecule has 0 aliphatic rings. The molecule has 1 aromatic rings. The highest BCUT2D eigenvalue weighted by Crippen LogP contribution is 2.13. The van der Waals surface area contributed by atoms with Gasteiger partial charge in [0, 0.05) is 25.2 Å². The normalized spacial score (nSPS) is 9.26. The number of para-hydroxylation sites is 1. The van der Waals surface area contributed by atoms with Gasteiger partial charge in [0.1, 0.15) is 0 Å².